The Morgan fingerprint density at radius 3 is 2.85 bits per heavy atom. The third kappa shape index (κ3) is 3.37. The molecule has 1 aromatic rings. The van der Waals surface area contributed by atoms with Crippen molar-refractivity contribution in [2.24, 2.45) is 0 Å². The molecule has 2 rings (SSSR count). The Hall–Kier alpha value is -1.86. The van der Waals surface area contributed by atoms with Gasteiger partial charge < -0.3 is 10.2 Å². The Bertz CT molecular complexity index is 531. The first kappa shape index (κ1) is 14.5. The molecular formula is C12H16ClN5O2. The average molecular weight is 298 g/mol. The molecule has 0 unspecified atom stereocenters. The molecule has 0 saturated carbocycles. The Morgan fingerprint density at radius 2 is 2.25 bits per heavy atom. The quantitative estimate of drug-likeness (QED) is 0.510. The van der Waals surface area contributed by atoms with Gasteiger partial charge in [0.1, 0.15) is 5.15 Å². The van der Waals surface area contributed by atoms with E-state index in [9.17, 15) is 10.1 Å². The summed E-state index contributed by atoms with van der Waals surface area (Å²) in [5.41, 5.74) is 1.08. The summed E-state index contributed by atoms with van der Waals surface area (Å²) in [6.45, 7) is 1.42. The smallest absolute Gasteiger partial charge is 0.299 e. The Balaban J connectivity index is 2.14. The maximum Gasteiger partial charge on any atom is 0.299 e. The van der Waals surface area contributed by atoms with E-state index in [0.717, 1.165) is 5.56 Å². The maximum absolute atomic E-state index is 11.1. The molecule has 0 fully saturated rings. The zero-order valence-electron chi connectivity index (χ0n) is 11.3. The van der Waals surface area contributed by atoms with Crippen LogP contribution in [-0.2, 0) is 6.54 Å². The number of hydrogen-bond donors (Lipinski definition) is 1. The summed E-state index contributed by atoms with van der Waals surface area (Å²) in [7, 11) is 3.67. The van der Waals surface area contributed by atoms with Crippen LogP contribution < -0.4 is 5.32 Å². The van der Waals surface area contributed by atoms with Crippen LogP contribution in [0.5, 0.6) is 0 Å². The van der Waals surface area contributed by atoms with Crippen molar-refractivity contribution >= 4 is 11.6 Å². The van der Waals surface area contributed by atoms with E-state index in [1.54, 1.807) is 12.3 Å². The minimum absolute atomic E-state index is 0.170. The SMILES string of the molecule is CN1CC([N+](=O)[O-])=C(NCc2ccc(Cl)nc2)N(C)C1. The largest absolute Gasteiger partial charge is 0.362 e. The summed E-state index contributed by atoms with van der Waals surface area (Å²) < 4.78 is 0. The molecule has 2 heterocycles. The van der Waals surface area contributed by atoms with Gasteiger partial charge in [0.25, 0.3) is 5.70 Å². The van der Waals surface area contributed by atoms with Crippen molar-refractivity contribution in [2.45, 2.75) is 6.54 Å². The van der Waals surface area contributed by atoms with Crippen LogP contribution in [0.3, 0.4) is 0 Å². The van der Waals surface area contributed by atoms with Gasteiger partial charge in [-0.25, -0.2) is 4.98 Å². The number of rotatable bonds is 4. The van der Waals surface area contributed by atoms with Gasteiger partial charge in [0.2, 0.25) is 0 Å². The predicted molar refractivity (Wildman–Crippen MR) is 75.4 cm³/mol. The highest BCUT2D eigenvalue weighted by atomic mass is 35.5. The summed E-state index contributed by atoms with van der Waals surface area (Å²) in [6.07, 6.45) is 1.65. The minimum atomic E-state index is -0.339. The van der Waals surface area contributed by atoms with Gasteiger partial charge in [-0.15, -0.1) is 0 Å². The fourth-order valence-electron chi connectivity index (χ4n) is 2.11. The van der Waals surface area contributed by atoms with Gasteiger partial charge in [0, 0.05) is 19.8 Å². The number of likely N-dealkylation sites (N-methyl/N-ethyl adjacent to an activating group) is 1. The number of halogens is 1. The average Bonchev–Trinajstić information content (AvgIpc) is 2.38. The van der Waals surface area contributed by atoms with Crippen molar-refractivity contribution in [2.75, 3.05) is 27.3 Å². The van der Waals surface area contributed by atoms with E-state index in [-0.39, 0.29) is 10.6 Å². The maximum atomic E-state index is 11.1. The Labute approximate surface area is 122 Å². The summed E-state index contributed by atoms with van der Waals surface area (Å²) in [5.74, 6) is 0.544. The highest BCUT2D eigenvalue weighted by Crippen LogP contribution is 2.15. The van der Waals surface area contributed by atoms with E-state index < -0.39 is 0 Å². The zero-order chi connectivity index (χ0) is 14.7. The second-order valence-corrected chi connectivity index (χ2v) is 5.14. The fourth-order valence-corrected chi connectivity index (χ4v) is 2.22. The third-order valence-corrected chi connectivity index (χ3v) is 3.22. The Kier molecular flexibility index (Phi) is 4.41. The van der Waals surface area contributed by atoms with Crippen LogP contribution in [0.1, 0.15) is 5.56 Å². The van der Waals surface area contributed by atoms with Crippen molar-refractivity contribution in [3.05, 3.63) is 50.7 Å². The molecule has 1 N–H and O–H groups in total. The first-order chi connectivity index (χ1) is 9.47. The van der Waals surface area contributed by atoms with Crippen LogP contribution in [0.4, 0.5) is 0 Å². The molecule has 0 radical (unpaired) electrons. The van der Waals surface area contributed by atoms with E-state index >= 15 is 0 Å². The molecule has 7 nitrogen and oxygen atoms in total. The monoisotopic (exact) mass is 297 g/mol. The van der Waals surface area contributed by atoms with Crippen LogP contribution >= 0.6 is 11.6 Å². The molecule has 0 spiro atoms. The van der Waals surface area contributed by atoms with Gasteiger partial charge in [-0.1, -0.05) is 17.7 Å². The van der Waals surface area contributed by atoms with E-state index in [0.29, 0.717) is 30.7 Å². The van der Waals surface area contributed by atoms with Gasteiger partial charge in [-0.3, -0.25) is 15.0 Å². The molecule has 1 aromatic heterocycles. The Morgan fingerprint density at radius 1 is 1.50 bits per heavy atom. The van der Waals surface area contributed by atoms with E-state index in [1.165, 1.54) is 0 Å². The van der Waals surface area contributed by atoms with Crippen molar-refractivity contribution in [1.29, 1.82) is 0 Å². The van der Waals surface area contributed by atoms with Crippen LogP contribution in [0.25, 0.3) is 0 Å². The molecule has 0 aromatic carbocycles. The van der Waals surface area contributed by atoms with Gasteiger partial charge in [0.15, 0.2) is 5.82 Å². The molecule has 0 atom stereocenters. The van der Waals surface area contributed by atoms with Crippen LogP contribution in [-0.4, -0.2) is 47.0 Å². The second kappa shape index (κ2) is 6.06. The first-order valence-electron chi connectivity index (χ1n) is 6.09. The van der Waals surface area contributed by atoms with Crippen LogP contribution in [0.15, 0.2) is 29.8 Å². The van der Waals surface area contributed by atoms with E-state index in [1.807, 2.05) is 30.0 Å². The van der Waals surface area contributed by atoms with Crippen molar-refractivity contribution < 1.29 is 4.92 Å². The molecule has 0 aliphatic carbocycles. The van der Waals surface area contributed by atoms with Crippen molar-refractivity contribution in [1.82, 2.24) is 20.1 Å². The number of nitro groups is 1. The minimum Gasteiger partial charge on any atom is -0.362 e. The summed E-state index contributed by atoms with van der Waals surface area (Å²) in [5, 5.41) is 14.7. The lowest BCUT2D eigenvalue weighted by Gasteiger charge is -2.32. The number of hydrogen-bond acceptors (Lipinski definition) is 6. The predicted octanol–water partition coefficient (Wildman–Crippen LogP) is 1.11. The second-order valence-electron chi connectivity index (χ2n) is 4.75. The molecular weight excluding hydrogens is 282 g/mol. The fraction of sp³-hybridized carbons (Fsp3) is 0.417. The van der Waals surface area contributed by atoms with Gasteiger partial charge in [-0.2, -0.15) is 0 Å². The lowest BCUT2D eigenvalue weighted by Crippen LogP contribution is -2.45. The zero-order valence-corrected chi connectivity index (χ0v) is 12.1. The number of nitrogens with one attached hydrogen (secondary N) is 1. The molecule has 1 aliphatic heterocycles. The van der Waals surface area contributed by atoms with Crippen molar-refractivity contribution in [3.8, 4) is 0 Å². The normalized spacial score (nSPS) is 16.4. The van der Waals surface area contributed by atoms with Crippen LogP contribution in [0, 0.1) is 10.1 Å². The van der Waals surface area contributed by atoms with Gasteiger partial charge in [-0.05, 0) is 18.7 Å². The molecule has 0 amide bonds. The van der Waals surface area contributed by atoms with Gasteiger partial charge in [0.05, 0.1) is 18.1 Å². The molecule has 20 heavy (non-hydrogen) atoms. The molecule has 108 valence electrons. The standard InChI is InChI=1S/C12H16ClN5O2/c1-16-7-10(18(19)20)12(17(2)8-16)15-6-9-3-4-11(13)14-5-9/h3-5,15H,6-8H2,1-2H3. The lowest BCUT2D eigenvalue weighted by molar-refractivity contribution is -0.432. The first-order valence-corrected chi connectivity index (χ1v) is 6.46. The number of pyridine rings is 1. The molecule has 0 bridgehead atoms. The van der Waals surface area contributed by atoms with Gasteiger partial charge >= 0.3 is 0 Å². The number of nitrogens with zero attached hydrogens (tertiary/aromatic N) is 4. The lowest BCUT2D eigenvalue weighted by atomic mass is 10.2. The van der Waals surface area contributed by atoms with E-state index in [4.69, 9.17) is 11.6 Å². The molecule has 8 heteroatoms. The topological polar surface area (TPSA) is 74.5 Å². The summed E-state index contributed by atoms with van der Waals surface area (Å²) in [4.78, 5) is 18.5. The van der Waals surface area contributed by atoms with E-state index in [2.05, 4.69) is 10.3 Å². The summed E-state index contributed by atoms with van der Waals surface area (Å²) in [6, 6.07) is 3.53. The molecule has 1 aliphatic rings. The summed E-state index contributed by atoms with van der Waals surface area (Å²) >= 11 is 5.72. The van der Waals surface area contributed by atoms with Crippen LogP contribution in [0.2, 0.25) is 5.15 Å². The molecule has 0 saturated heterocycles. The number of aromatic nitrogens is 1. The highest BCUT2D eigenvalue weighted by Gasteiger charge is 2.28. The third-order valence-electron chi connectivity index (χ3n) is 3.00. The van der Waals surface area contributed by atoms with Crippen molar-refractivity contribution in [3.63, 3.8) is 0 Å². The highest BCUT2D eigenvalue weighted by molar-refractivity contribution is 6.29.